The first-order valence-corrected chi connectivity index (χ1v) is 8.44. The Morgan fingerprint density at radius 1 is 1.17 bits per heavy atom. The second-order valence-corrected chi connectivity index (χ2v) is 6.59. The Balaban J connectivity index is 1.54. The van der Waals surface area contributed by atoms with Crippen molar-refractivity contribution < 1.29 is 14.4 Å². The van der Waals surface area contributed by atoms with Gasteiger partial charge in [-0.2, -0.15) is 0 Å². The maximum atomic E-state index is 12.6. The molecule has 0 radical (unpaired) electrons. The first-order chi connectivity index (χ1) is 11.6. The molecule has 0 saturated carbocycles. The number of amides is 4. The number of piperidine rings is 1. The topological polar surface area (TPSA) is 69.7 Å². The Labute approximate surface area is 141 Å². The van der Waals surface area contributed by atoms with E-state index in [2.05, 4.69) is 17.4 Å². The number of hydrogen-bond donors (Lipinski definition) is 1. The van der Waals surface area contributed by atoms with Gasteiger partial charge in [0, 0.05) is 26.7 Å². The van der Waals surface area contributed by atoms with Gasteiger partial charge in [-0.1, -0.05) is 30.3 Å². The third-order valence-electron chi connectivity index (χ3n) is 4.98. The predicted molar refractivity (Wildman–Crippen MR) is 89.1 cm³/mol. The zero-order valence-electron chi connectivity index (χ0n) is 13.9. The number of benzene rings is 1. The molecule has 0 aromatic heterocycles. The number of imide groups is 1. The van der Waals surface area contributed by atoms with Crippen LogP contribution in [0.5, 0.6) is 0 Å². The summed E-state index contributed by atoms with van der Waals surface area (Å²) < 4.78 is 0. The summed E-state index contributed by atoms with van der Waals surface area (Å²) >= 11 is 0. The van der Waals surface area contributed by atoms with Crippen LogP contribution < -0.4 is 5.32 Å². The lowest BCUT2D eigenvalue weighted by Crippen LogP contribution is -2.58. The molecule has 0 bridgehead atoms. The van der Waals surface area contributed by atoms with Crippen molar-refractivity contribution in [2.75, 3.05) is 26.7 Å². The number of likely N-dealkylation sites (tertiary alicyclic amines) is 1. The summed E-state index contributed by atoms with van der Waals surface area (Å²) in [5, 5.41) is 2.59. The van der Waals surface area contributed by atoms with Crippen LogP contribution in [0.2, 0.25) is 0 Å². The Morgan fingerprint density at radius 3 is 2.50 bits per heavy atom. The Bertz CT molecular complexity index is 624. The van der Waals surface area contributed by atoms with E-state index >= 15 is 0 Å². The van der Waals surface area contributed by atoms with Crippen LogP contribution in [0.1, 0.15) is 18.4 Å². The molecule has 1 aromatic carbocycles. The van der Waals surface area contributed by atoms with Gasteiger partial charge in [-0.05, 0) is 30.7 Å². The summed E-state index contributed by atoms with van der Waals surface area (Å²) in [5.41, 5.74) is 1.33. The van der Waals surface area contributed by atoms with Crippen LogP contribution in [0.4, 0.5) is 4.79 Å². The van der Waals surface area contributed by atoms with Gasteiger partial charge in [0.1, 0.15) is 5.92 Å². The lowest BCUT2D eigenvalue weighted by molar-refractivity contribution is -0.146. The third-order valence-corrected chi connectivity index (χ3v) is 4.98. The van der Waals surface area contributed by atoms with Crippen molar-refractivity contribution in [3.63, 3.8) is 0 Å². The smallest absolute Gasteiger partial charge is 0.323 e. The minimum atomic E-state index is -0.779. The van der Waals surface area contributed by atoms with Crippen molar-refractivity contribution in [2.24, 2.45) is 11.8 Å². The van der Waals surface area contributed by atoms with Crippen LogP contribution in [-0.4, -0.2) is 54.3 Å². The summed E-state index contributed by atoms with van der Waals surface area (Å²) in [5.74, 6) is -0.778. The van der Waals surface area contributed by atoms with E-state index in [9.17, 15) is 14.4 Å². The molecule has 0 aliphatic carbocycles. The first kappa shape index (κ1) is 16.5. The fourth-order valence-corrected chi connectivity index (χ4v) is 3.45. The van der Waals surface area contributed by atoms with Crippen LogP contribution in [0.25, 0.3) is 0 Å². The Hall–Kier alpha value is -2.37. The molecule has 6 heteroatoms. The number of nitrogens with one attached hydrogen (secondary N) is 1. The van der Waals surface area contributed by atoms with Gasteiger partial charge in [0.2, 0.25) is 11.8 Å². The van der Waals surface area contributed by atoms with Crippen molar-refractivity contribution in [2.45, 2.75) is 19.3 Å². The summed E-state index contributed by atoms with van der Waals surface area (Å²) in [4.78, 5) is 39.0. The summed E-state index contributed by atoms with van der Waals surface area (Å²) in [6.07, 6.45) is 2.93. The molecule has 0 spiro atoms. The maximum absolute atomic E-state index is 12.6. The predicted octanol–water partition coefficient (Wildman–Crippen LogP) is 1.27. The summed E-state index contributed by atoms with van der Waals surface area (Å²) in [7, 11) is 1.41. The molecule has 2 fully saturated rings. The molecule has 128 valence electrons. The van der Waals surface area contributed by atoms with E-state index in [1.807, 2.05) is 18.2 Å². The quantitative estimate of drug-likeness (QED) is 0.849. The zero-order chi connectivity index (χ0) is 17.1. The minimum absolute atomic E-state index is 0.102. The second kappa shape index (κ2) is 7.03. The lowest BCUT2D eigenvalue weighted by atomic mass is 9.89. The van der Waals surface area contributed by atoms with E-state index in [1.165, 1.54) is 12.6 Å². The number of carbonyl (C=O) groups excluding carboxylic acids is 3. The van der Waals surface area contributed by atoms with E-state index in [4.69, 9.17) is 0 Å². The van der Waals surface area contributed by atoms with Gasteiger partial charge < -0.3 is 10.2 Å². The molecule has 3 rings (SSSR count). The van der Waals surface area contributed by atoms with Crippen molar-refractivity contribution in [3.8, 4) is 0 Å². The van der Waals surface area contributed by atoms with E-state index < -0.39 is 17.9 Å². The van der Waals surface area contributed by atoms with Gasteiger partial charge in [0.25, 0.3) is 0 Å². The summed E-state index contributed by atoms with van der Waals surface area (Å²) in [6, 6.07) is 9.95. The molecule has 4 amide bonds. The maximum Gasteiger partial charge on any atom is 0.323 e. The van der Waals surface area contributed by atoms with Crippen molar-refractivity contribution >= 4 is 17.8 Å². The molecule has 2 aliphatic heterocycles. The SMILES string of the molecule is CN1C(=O)NCC(C(=O)N2CCC(Cc3ccccc3)CC2)C1=O. The molecule has 2 aliphatic rings. The lowest BCUT2D eigenvalue weighted by Gasteiger charge is -2.36. The van der Waals surface area contributed by atoms with Crippen LogP contribution in [-0.2, 0) is 16.0 Å². The van der Waals surface area contributed by atoms with Gasteiger partial charge in [0.05, 0.1) is 0 Å². The molecule has 6 nitrogen and oxygen atoms in total. The minimum Gasteiger partial charge on any atom is -0.342 e. The number of urea groups is 1. The molecule has 1 atom stereocenters. The number of carbonyl (C=O) groups is 3. The average Bonchev–Trinajstić information content (AvgIpc) is 2.61. The highest BCUT2D eigenvalue weighted by Gasteiger charge is 2.39. The monoisotopic (exact) mass is 329 g/mol. The standard InChI is InChI=1S/C18H23N3O3/c1-20-16(22)15(12-19-18(20)24)17(23)21-9-7-14(8-10-21)11-13-5-3-2-4-6-13/h2-6,14-15H,7-12H2,1H3,(H,19,24). The van der Waals surface area contributed by atoms with Gasteiger partial charge in [0.15, 0.2) is 0 Å². The average molecular weight is 329 g/mol. The highest BCUT2D eigenvalue weighted by molar-refractivity contribution is 6.08. The largest absolute Gasteiger partial charge is 0.342 e. The highest BCUT2D eigenvalue weighted by Crippen LogP contribution is 2.23. The van der Waals surface area contributed by atoms with Crippen LogP contribution in [0, 0.1) is 11.8 Å². The zero-order valence-corrected chi connectivity index (χ0v) is 13.9. The fourth-order valence-electron chi connectivity index (χ4n) is 3.45. The highest BCUT2D eigenvalue weighted by atomic mass is 16.2. The molecule has 1 unspecified atom stereocenters. The first-order valence-electron chi connectivity index (χ1n) is 8.44. The van der Waals surface area contributed by atoms with E-state index in [1.54, 1.807) is 4.90 Å². The molecule has 2 saturated heterocycles. The van der Waals surface area contributed by atoms with E-state index in [-0.39, 0.29) is 12.5 Å². The molecular weight excluding hydrogens is 306 g/mol. The Morgan fingerprint density at radius 2 is 1.83 bits per heavy atom. The van der Waals surface area contributed by atoms with Crippen molar-refractivity contribution in [1.29, 1.82) is 0 Å². The number of nitrogens with zero attached hydrogens (tertiary/aromatic N) is 2. The van der Waals surface area contributed by atoms with Crippen LogP contribution in [0.3, 0.4) is 0 Å². The normalized spacial score (nSPS) is 22.5. The van der Waals surface area contributed by atoms with E-state index in [0.29, 0.717) is 19.0 Å². The van der Waals surface area contributed by atoms with Gasteiger partial charge in [-0.3, -0.25) is 14.5 Å². The van der Waals surface area contributed by atoms with Crippen LogP contribution in [0.15, 0.2) is 30.3 Å². The van der Waals surface area contributed by atoms with Crippen molar-refractivity contribution in [3.05, 3.63) is 35.9 Å². The molecule has 1 aromatic rings. The van der Waals surface area contributed by atoms with Crippen molar-refractivity contribution in [1.82, 2.24) is 15.1 Å². The molecular formula is C18H23N3O3. The number of rotatable bonds is 3. The van der Waals surface area contributed by atoms with Gasteiger partial charge >= 0.3 is 6.03 Å². The van der Waals surface area contributed by atoms with Gasteiger partial charge in [-0.15, -0.1) is 0 Å². The second-order valence-electron chi connectivity index (χ2n) is 6.59. The number of hydrogen-bond acceptors (Lipinski definition) is 3. The van der Waals surface area contributed by atoms with E-state index in [0.717, 1.165) is 24.2 Å². The molecule has 2 heterocycles. The van der Waals surface area contributed by atoms with Gasteiger partial charge in [-0.25, -0.2) is 4.79 Å². The molecule has 1 N–H and O–H groups in total. The van der Waals surface area contributed by atoms with Crippen LogP contribution >= 0.6 is 0 Å². The summed E-state index contributed by atoms with van der Waals surface area (Å²) in [6.45, 7) is 1.46. The molecule has 24 heavy (non-hydrogen) atoms. The third kappa shape index (κ3) is 3.42. The fraction of sp³-hybridized carbons (Fsp3) is 0.500. The Kier molecular flexibility index (Phi) is 4.83.